The normalized spacial score (nSPS) is 23.7. The van der Waals surface area contributed by atoms with Crippen molar-refractivity contribution in [2.24, 2.45) is 4.99 Å². The average molecular weight is 143 g/mol. The van der Waals surface area contributed by atoms with Crippen molar-refractivity contribution in [2.75, 3.05) is 20.3 Å². The van der Waals surface area contributed by atoms with Crippen molar-refractivity contribution < 1.29 is 9.47 Å². The average Bonchev–Trinajstić information content (AvgIpc) is 1.88. The Morgan fingerprint density at radius 2 is 2.30 bits per heavy atom. The fraction of sp³-hybridized carbons (Fsp3) is 0.857. The van der Waals surface area contributed by atoms with E-state index in [9.17, 15) is 0 Å². The predicted molar refractivity (Wildman–Crippen MR) is 39.3 cm³/mol. The lowest BCUT2D eigenvalue weighted by Crippen LogP contribution is -2.36. The molecule has 0 bridgehead atoms. The molecule has 0 amide bonds. The second-order valence-electron chi connectivity index (χ2n) is 2.96. The maximum absolute atomic E-state index is 5.41. The molecular weight excluding hydrogens is 130 g/mol. The summed E-state index contributed by atoms with van der Waals surface area (Å²) >= 11 is 0. The summed E-state index contributed by atoms with van der Waals surface area (Å²) in [6.07, 6.45) is 0. The van der Waals surface area contributed by atoms with E-state index in [-0.39, 0.29) is 5.60 Å². The molecule has 58 valence electrons. The molecule has 0 aromatic rings. The van der Waals surface area contributed by atoms with Crippen LogP contribution in [0.4, 0.5) is 0 Å². The van der Waals surface area contributed by atoms with E-state index in [2.05, 4.69) is 4.99 Å². The summed E-state index contributed by atoms with van der Waals surface area (Å²) in [6, 6.07) is 0. The third kappa shape index (κ3) is 1.70. The number of hydrogen-bond donors (Lipinski definition) is 0. The summed E-state index contributed by atoms with van der Waals surface area (Å²) in [6.45, 7) is 5.23. The minimum atomic E-state index is -0.109. The zero-order valence-corrected chi connectivity index (χ0v) is 6.68. The SMILES string of the molecule is COC1=NCC(C)(C)OC1. The van der Waals surface area contributed by atoms with E-state index >= 15 is 0 Å². The second kappa shape index (κ2) is 2.58. The molecule has 0 saturated carbocycles. The first kappa shape index (κ1) is 7.54. The largest absolute Gasteiger partial charge is 0.483 e. The highest BCUT2D eigenvalue weighted by atomic mass is 16.5. The zero-order valence-electron chi connectivity index (χ0n) is 6.68. The molecule has 0 radical (unpaired) electrons. The first-order chi connectivity index (χ1) is 4.64. The van der Waals surface area contributed by atoms with Crippen LogP contribution in [0.15, 0.2) is 4.99 Å². The maximum Gasteiger partial charge on any atom is 0.209 e. The van der Waals surface area contributed by atoms with Crippen LogP contribution in [-0.4, -0.2) is 31.8 Å². The molecule has 0 aromatic heterocycles. The smallest absolute Gasteiger partial charge is 0.209 e. The molecule has 3 heteroatoms. The minimum absolute atomic E-state index is 0.109. The second-order valence-corrected chi connectivity index (χ2v) is 2.96. The summed E-state index contributed by atoms with van der Waals surface area (Å²) in [5, 5.41) is 0. The first-order valence-corrected chi connectivity index (χ1v) is 3.35. The van der Waals surface area contributed by atoms with Crippen LogP contribution in [0.5, 0.6) is 0 Å². The van der Waals surface area contributed by atoms with Gasteiger partial charge in [0.15, 0.2) is 0 Å². The van der Waals surface area contributed by atoms with Gasteiger partial charge >= 0.3 is 0 Å². The molecule has 0 fully saturated rings. The van der Waals surface area contributed by atoms with Crippen LogP contribution in [-0.2, 0) is 9.47 Å². The molecule has 0 aliphatic carbocycles. The molecule has 0 N–H and O–H groups in total. The number of nitrogens with zero attached hydrogens (tertiary/aromatic N) is 1. The van der Waals surface area contributed by atoms with Gasteiger partial charge < -0.3 is 9.47 Å². The molecule has 0 atom stereocenters. The van der Waals surface area contributed by atoms with E-state index in [1.807, 2.05) is 13.8 Å². The predicted octanol–water partition coefficient (Wildman–Crippen LogP) is 0.840. The van der Waals surface area contributed by atoms with Gasteiger partial charge in [-0.3, -0.25) is 4.99 Å². The third-order valence-electron chi connectivity index (χ3n) is 1.46. The van der Waals surface area contributed by atoms with E-state index in [1.165, 1.54) is 0 Å². The van der Waals surface area contributed by atoms with Crippen molar-refractivity contribution in [1.82, 2.24) is 0 Å². The molecular formula is C7H13NO2. The molecule has 3 nitrogen and oxygen atoms in total. The number of ether oxygens (including phenoxy) is 2. The Hall–Kier alpha value is -0.570. The summed E-state index contributed by atoms with van der Waals surface area (Å²) in [7, 11) is 1.61. The molecule has 10 heavy (non-hydrogen) atoms. The van der Waals surface area contributed by atoms with Gasteiger partial charge in [-0.05, 0) is 13.8 Å². The van der Waals surface area contributed by atoms with E-state index in [0.29, 0.717) is 19.0 Å². The zero-order chi connectivity index (χ0) is 7.61. The van der Waals surface area contributed by atoms with Crippen LogP contribution in [0.3, 0.4) is 0 Å². The fourth-order valence-electron chi connectivity index (χ4n) is 0.750. The number of aliphatic imine (C=N–C) groups is 1. The van der Waals surface area contributed by atoms with Gasteiger partial charge in [-0.25, -0.2) is 0 Å². The van der Waals surface area contributed by atoms with Gasteiger partial charge in [0.25, 0.3) is 0 Å². The summed E-state index contributed by atoms with van der Waals surface area (Å²) < 4.78 is 10.3. The summed E-state index contributed by atoms with van der Waals surface area (Å²) in [4.78, 5) is 4.17. The van der Waals surface area contributed by atoms with Crippen molar-refractivity contribution in [3.05, 3.63) is 0 Å². The topological polar surface area (TPSA) is 30.8 Å². The molecule has 0 saturated heterocycles. The van der Waals surface area contributed by atoms with Crippen LogP contribution < -0.4 is 0 Å². The molecule has 1 aliphatic heterocycles. The van der Waals surface area contributed by atoms with Crippen LogP contribution in [0.25, 0.3) is 0 Å². The minimum Gasteiger partial charge on any atom is -0.483 e. The van der Waals surface area contributed by atoms with Crippen molar-refractivity contribution in [3.8, 4) is 0 Å². The van der Waals surface area contributed by atoms with Crippen molar-refractivity contribution in [2.45, 2.75) is 19.4 Å². The molecule has 1 heterocycles. The van der Waals surface area contributed by atoms with Gasteiger partial charge in [0.2, 0.25) is 5.90 Å². The molecule has 1 aliphatic rings. The maximum atomic E-state index is 5.41. The Morgan fingerprint density at radius 3 is 2.70 bits per heavy atom. The third-order valence-corrected chi connectivity index (χ3v) is 1.46. The molecule has 1 rings (SSSR count). The lowest BCUT2D eigenvalue weighted by Gasteiger charge is -2.27. The lowest BCUT2D eigenvalue weighted by molar-refractivity contribution is -0.00348. The van der Waals surface area contributed by atoms with Crippen LogP contribution in [0.1, 0.15) is 13.8 Å². The fourth-order valence-corrected chi connectivity index (χ4v) is 0.750. The molecule has 0 spiro atoms. The Labute approximate surface area is 61.0 Å². The highest BCUT2D eigenvalue weighted by Crippen LogP contribution is 2.13. The monoisotopic (exact) mass is 143 g/mol. The van der Waals surface area contributed by atoms with Gasteiger partial charge in [-0.15, -0.1) is 0 Å². The van der Waals surface area contributed by atoms with Crippen LogP contribution >= 0.6 is 0 Å². The Morgan fingerprint density at radius 1 is 1.60 bits per heavy atom. The number of methoxy groups -OCH3 is 1. The van der Waals surface area contributed by atoms with Gasteiger partial charge in [-0.2, -0.15) is 0 Å². The molecule has 0 unspecified atom stereocenters. The summed E-state index contributed by atoms with van der Waals surface area (Å²) in [5.41, 5.74) is -0.109. The van der Waals surface area contributed by atoms with E-state index < -0.39 is 0 Å². The first-order valence-electron chi connectivity index (χ1n) is 3.35. The lowest BCUT2D eigenvalue weighted by atomic mass is 10.1. The van der Waals surface area contributed by atoms with Crippen molar-refractivity contribution in [3.63, 3.8) is 0 Å². The summed E-state index contributed by atoms with van der Waals surface area (Å²) in [5.74, 6) is 0.694. The van der Waals surface area contributed by atoms with Crippen LogP contribution in [0.2, 0.25) is 0 Å². The highest BCUT2D eigenvalue weighted by molar-refractivity contribution is 5.77. The van der Waals surface area contributed by atoms with Gasteiger partial charge in [0.05, 0.1) is 19.3 Å². The van der Waals surface area contributed by atoms with Crippen molar-refractivity contribution in [1.29, 1.82) is 0 Å². The van der Waals surface area contributed by atoms with Gasteiger partial charge in [-0.1, -0.05) is 0 Å². The van der Waals surface area contributed by atoms with E-state index in [0.717, 1.165) is 0 Å². The molecule has 0 aromatic carbocycles. The quantitative estimate of drug-likeness (QED) is 0.503. The van der Waals surface area contributed by atoms with E-state index in [4.69, 9.17) is 9.47 Å². The standard InChI is InChI=1S/C7H13NO2/c1-7(2)5-8-6(9-3)4-10-7/h4-5H2,1-3H3. The van der Waals surface area contributed by atoms with Crippen molar-refractivity contribution >= 4 is 5.90 Å². The Bertz CT molecular complexity index is 152. The highest BCUT2D eigenvalue weighted by Gasteiger charge is 2.23. The number of rotatable bonds is 0. The van der Waals surface area contributed by atoms with E-state index in [1.54, 1.807) is 7.11 Å². The number of hydrogen-bond acceptors (Lipinski definition) is 3. The Kier molecular flexibility index (Phi) is 1.94. The van der Waals surface area contributed by atoms with Crippen LogP contribution in [0, 0.1) is 0 Å². The Balaban J connectivity index is 2.52. The van der Waals surface area contributed by atoms with Gasteiger partial charge in [0, 0.05) is 0 Å². The van der Waals surface area contributed by atoms with Gasteiger partial charge in [0.1, 0.15) is 6.61 Å².